The molecule has 6 nitrogen and oxygen atoms in total. The zero-order valence-electron chi connectivity index (χ0n) is 13.8. The molecule has 4 rings (SSSR count). The zero-order chi connectivity index (χ0) is 20.3. The number of nitrogens with zero attached hydrogens (tertiary/aromatic N) is 1. The molecular weight excluding hydrogens is 411 g/mol. The van der Waals surface area contributed by atoms with E-state index in [1.54, 1.807) is 0 Å². The highest BCUT2D eigenvalue weighted by Crippen LogP contribution is 2.46. The predicted molar refractivity (Wildman–Crippen MR) is 86.6 cm³/mol. The van der Waals surface area contributed by atoms with Gasteiger partial charge in [-0.2, -0.15) is 22.0 Å². The van der Waals surface area contributed by atoms with Crippen molar-refractivity contribution in [2.45, 2.75) is 18.3 Å². The van der Waals surface area contributed by atoms with E-state index in [2.05, 4.69) is 10.1 Å². The first-order valence-electron chi connectivity index (χ1n) is 7.91. The van der Waals surface area contributed by atoms with Crippen molar-refractivity contribution in [3.8, 4) is 5.75 Å². The molecule has 1 aromatic carbocycles. The molecule has 2 amide bonds. The number of hydrogen-bond acceptors (Lipinski definition) is 5. The summed E-state index contributed by atoms with van der Waals surface area (Å²) >= 11 is 0.448. The number of likely N-dealkylation sites (tertiary alicyclic amines) is 1. The number of thiophene rings is 1. The van der Waals surface area contributed by atoms with Crippen LogP contribution in [0.1, 0.15) is 15.2 Å². The van der Waals surface area contributed by atoms with E-state index in [4.69, 9.17) is 4.74 Å². The van der Waals surface area contributed by atoms with Gasteiger partial charge in [0.2, 0.25) is 0 Å². The highest BCUT2D eigenvalue weighted by molar-refractivity contribution is 7.21. The van der Waals surface area contributed by atoms with Crippen molar-refractivity contribution in [1.29, 1.82) is 0 Å². The maximum atomic E-state index is 13.3. The number of cyclic esters (lactones) is 1. The lowest BCUT2D eigenvalue weighted by Gasteiger charge is -2.45. The van der Waals surface area contributed by atoms with Gasteiger partial charge in [-0.25, -0.2) is 4.79 Å². The van der Waals surface area contributed by atoms with Crippen LogP contribution in [0.4, 0.5) is 26.7 Å². The van der Waals surface area contributed by atoms with Gasteiger partial charge >= 0.3 is 18.9 Å². The van der Waals surface area contributed by atoms with Gasteiger partial charge in [0.05, 0.1) is 10.3 Å². The third-order valence-corrected chi connectivity index (χ3v) is 5.71. The second kappa shape index (κ2) is 6.19. The first-order valence-corrected chi connectivity index (χ1v) is 8.73. The van der Waals surface area contributed by atoms with Gasteiger partial charge in [-0.15, -0.1) is 11.3 Å². The number of halogens is 5. The van der Waals surface area contributed by atoms with Crippen LogP contribution in [0.25, 0.3) is 10.1 Å². The molecule has 2 fully saturated rings. The van der Waals surface area contributed by atoms with Crippen LogP contribution in [0.15, 0.2) is 18.2 Å². The molecule has 0 aliphatic carbocycles. The number of rotatable bonds is 3. The molecular formula is C16H11F5N2O4S. The molecule has 0 bridgehead atoms. The summed E-state index contributed by atoms with van der Waals surface area (Å²) in [4.78, 5) is 24.8. The second-order valence-electron chi connectivity index (χ2n) is 6.46. The number of carbonyl (C=O) groups is 2. The number of carbonyl (C=O) groups excluding carboxylic acids is 2. The number of ether oxygens (including phenoxy) is 2. The summed E-state index contributed by atoms with van der Waals surface area (Å²) in [5, 5.41) is 2.34. The summed E-state index contributed by atoms with van der Waals surface area (Å²) in [5.74, 6) is -1.34. The van der Waals surface area contributed by atoms with Crippen LogP contribution in [0, 0.1) is 0 Å². The van der Waals surface area contributed by atoms with Gasteiger partial charge in [-0.1, -0.05) is 6.07 Å². The Morgan fingerprint density at radius 2 is 2.04 bits per heavy atom. The van der Waals surface area contributed by atoms with E-state index in [9.17, 15) is 31.5 Å². The highest BCUT2D eigenvalue weighted by Gasteiger charge is 2.52. The van der Waals surface area contributed by atoms with Gasteiger partial charge in [0.15, 0.2) is 5.75 Å². The molecule has 0 radical (unpaired) electrons. The number of amides is 2. The molecule has 0 unspecified atom stereocenters. The average molecular weight is 422 g/mol. The van der Waals surface area contributed by atoms with Gasteiger partial charge in [0.1, 0.15) is 17.0 Å². The summed E-state index contributed by atoms with van der Waals surface area (Å²) in [5.41, 5.74) is -1.80. The summed E-state index contributed by atoms with van der Waals surface area (Å²) in [7, 11) is 0. The fourth-order valence-electron chi connectivity index (χ4n) is 3.30. The van der Waals surface area contributed by atoms with E-state index in [1.165, 1.54) is 11.0 Å². The van der Waals surface area contributed by atoms with Crippen LogP contribution in [0.3, 0.4) is 0 Å². The molecule has 3 heterocycles. The Morgan fingerprint density at radius 1 is 1.32 bits per heavy atom. The molecule has 12 heteroatoms. The molecule has 1 N–H and O–H groups in total. The molecule has 2 aromatic rings. The van der Waals surface area contributed by atoms with Gasteiger partial charge in [0, 0.05) is 18.5 Å². The Balaban J connectivity index is 1.72. The van der Waals surface area contributed by atoms with Crippen LogP contribution >= 0.6 is 11.3 Å². The maximum Gasteiger partial charge on any atom is 0.417 e. The second-order valence-corrected chi connectivity index (χ2v) is 7.48. The molecule has 1 spiro atoms. The van der Waals surface area contributed by atoms with Crippen molar-refractivity contribution >= 4 is 33.4 Å². The molecule has 2 aliphatic heterocycles. The Labute approximate surface area is 157 Å². The van der Waals surface area contributed by atoms with E-state index in [1.807, 2.05) is 0 Å². The minimum atomic E-state index is -4.72. The first-order chi connectivity index (χ1) is 13.1. The Kier molecular flexibility index (Phi) is 4.14. The zero-order valence-corrected chi connectivity index (χ0v) is 14.6. The van der Waals surface area contributed by atoms with E-state index in [0.717, 1.165) is 12.1 Å². The lowest BCUT2D eigenvalue weighted by Crippen LogP contribution is -2.69. The van der Waals surface area contributed by atoms with Gasteiger partial charge in [0.25, 0.3) is 5.91 Å². The van der Waals surface area contributed by atoms with Crippen molar-refractivity contribution in [3.63, 3.8) is 0 Å². The van der Waals surface area contributed by atoms with Crippen LogP contribution in [-0.4, -0.2) is 48.7 Å². The van der Waals surface area contributed by atoms with E-state index < -0.39 is 41.6 Å². The van der Waals surface area contributed by atoms with E-state index in [-0.39, 0.29) is 34.7 Å². The van der Waals surface area contributed by atoms with Crippen molar-refractivity contribution < 1.29 is 41.0 Å². The van der Waals surface area contributed by atoms with Crippen molar-refractivity contribution in [2.24, 2.45) is 0 Å². The molecule has 0 atom stereocenters. The summed E-state index contributed by atoms with van der Waals surface area (Å²) < 4.78 is 74.3. The highest BCUT2D eigenvalue weighted by atomic mass is 32.1. The maximum absolute atomic E-state index is 13.3. The minimum absolute atomic E-state index is 0.0423. The van der Waals surface area contributed by atoms with E-state index in [0.29, 0.717) is 11.3 Å². The Bertz CT molecular complexity index is 968. The van der Waals surface area contributed by atoms with Crippen LogP contribution < -0.4 is 10.1 Å². The summed E-state index contributed by atoms with van der Waals surface area (Å²) in [6.45, 7) is -3.18. The molecule has 0 saturated carbocycles. The lowest BCUT2D eigenvalue weighted by atomic mass is 9.91. The van der Waals surface area contributed by atoms with Gasteiger partial charge in [-0.3, -0.25) is 4.79 Å². The molecule has 1 aromatic heterocycles. The molecule has 2 saturated heterocycles. The summed E-state index contributed by atoms with van der Waals surface area (Å²) in [6, 6.07) is 3.07. The van der Waals surface area contributed by atoms with Gasteiger partial charge in [-0.05, 0) is 12.1 Å². The van der Waals surface area contributed by atoms with E-state index >= 15 is 0 Å². The third-order valence-electron chi connectivity index (χ3n) is 4.50. The Hall–Kier alpha value is -2.63. The number of hydrogen-bond donors (Lipinski definition) is 1. The Morgan fingerprint density at radius 3 is 2.61 bits per heavy atom. The number of alkyl halides is 5. The normalized spacial score (nSPS) is 18.4. The van der Waals surface area contributed by atoms with Gasteiger partial charge < -0.3 is 19.7 Å². The number of nitrogens with one attached hydrogen (secondary N) is 1. The number of alkyl carbamates (subject to hydrolysis) is 1. The topological polar surface area (TPSA) is 67.9 Å². The monoisotopic (exact) mass is 422 g/mol. The fraction of sp³-hybridized carbons (Fsp3) is 0.375. The molecule has 150 valence electrons. The quantitative estimate of drug-likeness (QED) is 0.770. The average Bonchev–Trinajstić information content (AvgIpc) is 3.13. The smallest absolute Gasteiger partial charge is 0.417 e. The predicted octanol–water partition coefficient (Wildman–Crippen LogP) is 3.46. The SMILES string of the molecule is O=C1NC2(CO1)CN(C(=O)c1sc3c(C(F)(F)F)cccc3c1OC(F)F)C2. The lowest BCUT2D eigenvalue weighted by molar-refractivity contribution is -0.136. The molecule has 28 heavy (non-hydrogen) atoms. The minimum Gasteiger partial charge on any atom is -0.447 e. The van der Waals surface area contributed by atoms with Crippen LogP contribution in [0.2, 0.25) is 0 Å². The standard InChI is InChI=1S/C16H11F5N2O4S/c17-13(18)27-9-7-2-1-3-8(16(19,20)21)10(7)28-11(9)12(24)23-4-15(5-23)6-26-14(25)22-15/h1-3,13H,4-6H2,(H,22,25). The molecule has 2 aliphatic rings. The first kappa shape index (κ1) is 18.7. The van der Waals surface area contributed by atoms with Crippen LogP contribution in [-0.2, 0) is 10.9 Å². The number of benzene rings is 1. The van der Waals surface area contributed by atoms with Crippen LogP contribution in [0.5, 0.6) is 5.75 Å². The fourth-order valence-corrected chi connectivity index (χ4v) is 4.54. The largest absolute Gasteiger partial charge is 0.447 e. The summed E-state index contributed by atoms with van der Waals surface area (Å²) in [6.07, 6.45) is -5.36. The van der Waals surface area contributed by atoms with Crippen molar-refractivity contribution in [2.75, 3.05) is 19.7 Å². The third kappa shape index (κ3) is 3.01. The number of fused-ring (bicyclic) bond motifs is 1. The van der Waals surface area contributed by atoms with Crippen molar-refractivity contribution in [1.82, 2.24) is 10.2 Å². The van der Waals surface area contributed by atoms with Crippen molar-refractivity contribution in [3.05, 3.63) is 28.6 Å².